The number of aliphatic carboxylic acids is 1. The standard InChI is InChI=1S/C21H20ClN3O4S/c22-16-6-7-19-15(10-16)11-17-13-24(8-9-25(17)19)30(28,29)23-21(20(26)27)12-18(21)14-4-2-1-3-5-14/h1-7,10-11,18,23H,8-9,12-13H2,(H,26,27). The average Bonchev–Trinajstić information content (AvgIpc) is 3.33. The Balaban J connectivity index is 1.41. The van der Waals surface area contributed by atoms with Crippen LogP contribution in [0.25, 0.3) is 10.9 Å². The molecule has 30 heavy (non-hydrogen) atoms. The summed E-state index contributed by atoms with van der Waals surface area (Å²) in [6.45, 7) is 0.928. The van der Waals surface area contributed by atoms with E-state index in [1.807, 2.05) is 54.6 Å². The highest BCUT2D eigenvalue weighted by atomic mass is 35.5. The van der Waals surface area contributed by atoms with Crippen molar-refractivity contribution in [2.75, 3.05) is 6.54 Å². The van der Waals surface area contributed by atoms with Gasteiger partial charge < -0.3 is 9.67 Å². The number of aromatic nitrogens is 1. The normalized spacial score (nSPS) is 24.0. The molecule has 1 aliphatic heterocycles. The molecule has 2 heterocycles. The Bertz CT molecular complexity index is 1260. The topological polar surface area (TPSA) is 91.6 Å². The van der Waals surface area contributed by atoms with E-state index in [1.165, 1.54) is 4.31 Å². The van der Waals surface area contributed by atoms with Gasteiger partial charge in [-0.25, -0.2) is 0 Å². The van der Waals surface area contributed by atoms with Gasteiger partial charge in [-0.3, -0.25) is 4.79 Å². The maximum atomic E-state index is 13.1. The second kappa shape index (κ2) is 6.81. The summed E-state index contributed by atoms with van der Waals surface area (Å²) in [5, 5.41) is 11.4. The highest BCUT2D eigenvalue weighted by molar-refractivity contribution is 7.87. The van der Waals surface area contributed by atoms with Crippen molar-refractivity contribution in [1.82, 2.24) is 13.6 Å². The molecule has 9 heteroatoms. The van der Waals surface area contributed by atoms with Crippen LogP contribution in [-0.2, 0) is 28.1 Å². The Morgan fingerprint density at radius 3 is 2.63 bits per heavy atom. The maximum Gasteiger partial charge on any atom is 0.325 e. The molecule has 1 aliphatic carbocycles. The summed E-state index contributed by atoms with van der Waals surface area (Å²) < 4.78 is 32.1. The first-order chi connectivity index (χ1) is 14.3. The SMILES string of the molecule is O=C(O)C1(NS(=O)(=O)N2CCn3c(cc4cc(Cl)ccc43)C2)CC1c1ccccc1. The summed E-state index contributed by atoms with van der Waals surface area (Å²) in [5.74, 6) is -1.54. The molecule has 3 aromatic rings. The Hall–Kier alpha value is -2.39. The van der Waals surface area contributed by atoms with Gasteiger partial charge in [0.1, 0.15) is 5.54 Å². The Morgan fingerprint density at radius 1 is 1.13 bits per heavy atom. The minimum atomic E-state index is -3.99. The van der Waals surface area contributed by atoms with Crippen molar-refractivity contribution < 1.29 is 18.3 Å². The van der Waals surface area contributed by atoms with Crippen LogP contribution in [0.3, 0.4) is 0 Å². The fourth-order valence-electron chi connectivity index (χ4n) is 4.41. The molecule has 0 amide bonds. The van der Waals surface area contributed by atoms with Crippen LogP contribution in [0.2, 0.25) is 5.02 Å². The second-order valence-corrected chi connectivity index (χ2v) is 9.98. The van der Waals surface area contributed by atoms with Crippen molar-refractivity contribution in [3.8, 4) is 0 Å². The first-order valence-corrected chi connectivity index (χ1v) is 11.5. The molecule has 2 unspecified atom stereocenters. The first kappa shape index (κ1) is 19.6. The fraction of sp³-hybridized carbons (Fsp3) is 0.286. The molecular formula is C21H20ClN3O4S. The number of carbonyl (C=O) groups is 1. The number of carboxylic acid groups (broad SMARTS) is 1. The molecule has 2 atom stereocenters. The van der Waals surface area contributed by atoms with Crippen molar-refractivity contribution >= 4 is 38.7 Å². The van der Waals surface area contributed by atoms with Gasteiger partial charge in [0.15, 0.2) is 0 Å². The number of benzene rings is 2. The van der Waals surface area contributed by atoms with Crippen LogP contribution in [0.5, 0.6) is 0 Å². The summed E-state index contributed by atoms with van der Waals surface area (Å²) in [5.41, 5.74) is 1.17. The molecule has 0 spiro atoms. The van der Waals surface area contributed by atoms with E-state index in [9.17, 15) is 18.3 Å². The third kappa shape index (κ3) is 3.11. The molecule has 1 fully saturated rings. The van der Waals surface area contributed by atoms with Gasteiger partial charge in [0.25, 0.3) is 10.2 Å². The van der Waals surface area contributed by atoms with Crippen molar-refractivity contribution in [2.24, 2.45) is 0 Å². The number of rotatable bonds is 5. The molecule has 1 aromatic heterocycles. The molecule has 5 rings (SSSR count). The van der Waals surface area contributed by atoms with E-state index in [1.54, 1.807) is 0 Å². The van der Waals surface area contributed by atoms with Crippen LogP contribution in [0.15, 0.2) is 54.6 Å². The van der Waals surface area contributed by atoms with Gasteiger partial charge >= 0.3 is 5.97 Å². The van der Waals surface area contributed by atoms with Crippen LogP contribution < -0.4 is 4.72 Å². The molecule has 2 aliphatic rings. The summed E-state index contributed by atoms with van der Waals surface area (Å²) in [4.78, 5) is 12.0. The van der Waals surface area contributed by atoms with E-state index in [0.29, 0.717) is 11.6 Å². The van der Waals surface area contributed by atoms with Crippen LogP contribution in [-0.4, -0.2) is 40.4 Å². The van der Waals surface area contributed by atoms with Crippen molar-refractivity contribution in [3.05, 3.63) is 70.9 Å². The number of carboxylic acids is 1. The first-order valence-electron chi connectivity index (χ1n) is 9.65. The zero-order valence-electron chi connectivity index (χ0n) is 16.0. The third-order valence-corrected chi connectivity index (χ3v) is 7.90. The molecule has 1 saturated carbocycles. The minimum absolute atomic E-state index is 0.174. The van der Waals surface area contributed by atoms with E-state index in [2.05, 4.69) is 9.29 Å². The molecule has 2 aromatic carbocycles. The van der Waals surface area contributed by atoms with E-state index in [0.717, 1.165) is 22.2 Å². The number of nitrogens with one attached hydrogen (secondary N) is 1. The number of nitrogens with zero attached hydrogens (tertiary/aromatic N) is 2. The molecule has 156 valence electrons. The Morgan fingerprint density at radius 2 is 1.90 bits per heavy atom. The lowest BCUT2D eigenvalue weighted by Crippen LogP contribution is -2.52. The van der Waals surface area contributed by atoms with Crippen LogP contribution in [0, 0.1) is 0 Å². The largest absolute Gasteiger partial charge is 0.480 e. The van der Waals surface area contributed by atoms with Crippen LogP contribution >= 0.6 is 11.6 Å². The highest BCUT2D eigenvalue weighted by Crippen LogP contribution is 2.52. The van der Waals surface area contributed by atoms with Crippen molar-refractivity contribution in [3.63, 3.8) is 0 Å². The number of halogens is 1. The number of hydrogen-bond donors (Lipinski definition) is 2. The monoisotopic (exact) mass is 445 g/mol. The number of fused-ring (bicyclic) bond motifs is 3. The molecule has 0 radical (unpaired) electrons. The van der Waals surface area contributed by atoms with E-state index in [-0.39, 0.29) is 25.4 Å². The van der Waals surface area contributed by atoms with Gasteiger partial charge in [0, 0.05) is 40.6 Å². The van der Waals surface area contributed by atoms with Crippen molar-refractivity contribution in [1.29, 1.82) is 0 Å². The lowest BCUT2D eigenvalue weighted by molar-refractivity contribution is -0.140. The fourth-order valence-corrected chi connectivity index (χ4v) is 6.12. The molecular weight excluding hydrogens is 426 g/mol. The summed E-state index contributed by atoms with van der Waals surface area (Å²) in [7, 11) is -3.99. The molecule has 0 bridgehead atoms. The minimum Gasteiger partial charge on any atom is -0.480 e. The predicted octanol–water partition coefficient (Wildman–Crippen LogP) is 2.96. The van der Waals surface area contributed by atoms with Gasteiger partial charge in [-0.15, -0.1) is 0 Å². The average molecular weight is 446 g/mol. The quantitative estimate of drug-likeness (QED) is 0.631. The second-order valence-electron chi connectivity index (χ2n) is 7.88. The van der Waals surface area contributed by atoms with E-state index >= 15 is 0 Å². The summed E-state index contributed by atoms with van der Waals surface area (Å²) in [6.07, 6.45) is 0.234. The van der Waals surface area contributed by atoms with Crippen LogP contribution in [0.4, 0.5) is 0 Å². The van der Waals surface area contributed by atoms with Gasteiger partial charge in [-0.05, 0) is 36.2 Å². The van der Waals surface area contributed by atoms with Crippen molar-refractivity contribution in [2.45, 2.75) is 31.0 Å². The van der Waals surface area contributed by atoms with E-state index in [4.69, 9.17) is 11.6 Å². The molecule has 2 N–H and O–H groups in total. The van der Waals surface area contributed by atoms with Gasteiger partial charge in [-0.1, -0.05) is 41.9 Å². The van der Waals surface area contributed by atoms with Crippen LogP contribution in [0.1, 0.15) is 23.6 Å². The van der Waals surface area contributed by atoms with E-state index < -0.39 is 21.7 Å². The third-order valence-electron chi connectivity index (χ3n) is 6.06. The predicted molar refractivity (Wildman–Crippen MR) is 114 cm³/mol. The lowest BCUT2D eigenvalue weighted by Gasteiger charge is -2.29. The molecule has 7 nitrogen and oxygen atoms in total. The summed E-state index contributed by atoms with van der Waals surface area (Å²) in [6, 6.07) is 16.7. The zero-order chi connectivity index (χ0) is 21.1. The van der Waals surface area contributed by atoms with Gasteiger partial charge in [-0.2, -0.15) is 17.4 Å². The lowest BCUT2D eigenvalue weighted by atomic mass is 10.1. The Labute approximate surface area is 179 Å². The summed E-state index contributed by atoms with van der Waals surface area (Å²) >= 11 is 6.08. The highest BCUT2D eigenvalue weighted by Gasteiger charge is 2.63. The zero-order valence-corrected chi connectivity index (χ0v) is 17.5. The Kier molecular flexibility index (Phi) is 4.44. The molecule has 0 saturated heterocycles. The number of hydrogen-bond acceptors (Lipinski definition) is 3. The van der Waals surface area contributed by atoms with Gasteiger partial charge in [0.05, 0.1) is 6.54 Å². The maximum absolute atomic E-state index is 13.1. The smallest absolute Gasteiger partial charge is 0.325 e. The van der Waals surface area contributed by atoms with Gasteiger partial charge in [0.2, 0.25) is 0 Å².